The number of tetrazole rings is 1. The number of aromatic nitrogens is 4. The van der Waals surface area contributed by atoms with Gasteiger partial charge in [-0.25, -0.2) is 0 Å². The zero-order valence-corrected chi connectivity index (χ0v) is 10.8. The molecule has 19 heavy (non-hydrogen) atoms. The minimum atomic E-state index is -0.574. The Bertz CT molecular complexity index is 519. The zero-order valence-electron chi connectivity index (χ0n) is 10.8. The Labute approximate surface area is 112 Å². The SMILES string of the molecule is OC(c1nnnn1-c1ccccc1)C1CCCCC1. The van der Waals surface area contributed by atoms with Crippen LogP contribution in [-0.4, -0.2) is 25.3 Å². The zero-order chi connectivity index (χ0) is 13.1. The molecule has 100 valence electrons. The highest BCUT2D eigenvalue weighted by Gasteiger charge is 2.27. The first kappa shape index (κ1) is 12.3. The van der Waals surface area contributed by atoms with Crippen molar-refractivity contribution >= 4 is 0 Å². The second-order valence-electron chi connectivity index (χ2n) is 5.13. The lowest BCUT2D eigenvalue weighted by atomic mass is 9.85. The van der Waals surface area contributed by atoms with Gasteiger partial charge in [0.1, 0.15) is 6.10 Å². The highest BCUT2D eigenvalue weighted by atomic mass is 16.3. The Balaban J connectivity index is 1.87. The van der Waals surface area contributed by atoms with E-state index in [1.165, 1.54) is 19.3 Å². The molecule has 2 aromatic rings. The van der Waals surface area contributed by atoms with Gasteiger partial charge in [-0.1, -0.05) is 37.5 Å². The van der Waals surface area contributed by atoms with Gasteiger partial charge in [0.2, 0.25) is 0 Å². The lowest BCUT2D eigenvalue weighted by Gasteiger charge is -2.25. The maximum absolute atomic E-state index is 10.5. The minimum Gasteiger partial charge on any atom is -0.385 e. The van der Waals surface area contributed by atoms with E-state index in [0.717, 1.165) is 18.5 Å². The molecule has 0 aliphatic heterocycles. The van der Waals surface area contributed by atoms with Gasteiger partial charge < -0.3 is 5.11 Å². The fourth-order valence-corrected chi connectivity index (χ4v) is 2.79. The van der Waals surface area contributed by atoms with Crippen LogP contribution in [0.1, 0.15) is 44.0 Å². The van der Waals surface area contributed by atoms with Gasteiger partial charge in [-0.15, -0.1) is 5.10 Å². The molecule has 0 radical (unpaired) electrons. The van der Waals surface area contributed by atoms with Crippen molar-refractivity contribution in [2.75, 3.05) is 0 Å². The van der Waals surface area contributed by atoms with Gasteiger partial charge in [0.15, 0.2) is 5.82 Å². The summed E-state index contributed by atoms with van der Waals surface area (Å²) >= 11 is 0. The molecule has 1 aliphatic rings. The molecule has 0 amide bonds. The van der Waals surface area contributed by atoms with Crippen molar-refractivity contribution in [1.29, 1.82) is 0 Å². The molecule has 1 saturated carbocycles. The third-order valence-electron chi connectivity index (χ3n) is 3.86. The van der Waals surface area contributed by atoms with Crippen LogP contribution in [0.25, 0.3) is 5.69 Å². The molecule has 1 aromatic carbocycles. The maximum atomic E-state index is 10.5. The van der Waals surface area contributed by atoms with Crippen LogP contribution < -0.4 is 0 Å². The average molecular weight is 258 g/mol. The first-order valence-corrected chi connectivity index (χ1v) is 6.88. The third kappa shape index (κ3) is 2.51. The normalized spacial score (nSPS) is 18.4. The Morgan fingerprint density at radius 2 is 1.84 bits per heavy atom. The Morgan fingerprint density at radius 3 is 2.58 bits per heavy atom. The number of hydrogen-bond acceptors (Lipinski definition) is 4. The Morgan fingerprint density at radius 1 is 1.11 bits per heavy atom. The van der Waals surface area contributed by atoms with Crippen LogP contribution in [0.15, 0.2) is 30.3 Å². The summed E-state index contributed by atoms with van der Waals surface area (Å²) in [5.41, 5.74) is 0.886. The molecular weight excluding hydrogens is 240 g/mol. The fraction of sp³-hybridized carbons (Fsp3) is 0.500. The van der Waals surface area contributed by atoms with E-state index in [2.05, 4.69) is 15.5 Å². The monoisotopic (exact) mass is 258 g/mol. The fourth-order valence-electron chi connectivity index (χ4n) is 2.79. The molecule has 1 N–H and O–H groups in total. The molecule has 3 rings (SSSR count). The van der Waals surface area contributed by atoms with E-state index >= 15 is 0 Å². The number of hydrogen-bond donors (Lipinski definition) is 1. The molecular formula is C14H18N4O. The molecule has 1 atom stereocenters. The van der Waals surface area contributed by atoms with E-state index in [1.54, 1.807) is 4.68 Å². The summed E-state index contributed by atoms with van der Waals surface area (Å²) in [5, 5.41) is 22.2. The first-order valence-electron chi connectivity index (χ1n) is 6.88. The molecule has 5 heteroatoms. The molecule has 1 fully saturated rings. The molecule has 1 aliphatic carbocycles. The van der Waals surface area contributed by atoms with Crippen molar-refractivity contribution in [2.45, 2.75) is 38.2 Å². The quantitative estimate of drug-likeness (QED) is 0.917. The summed E-state index contributed by atoms with van der Waals surface area (Å²) in [6.45, 7) is 0. The highest BCUT2D eigenvalue weighted by molar-refractivity contribution is 5.30. The van der Waals surface area contributed by atoms with Crippen LogP contribution in [0.2, 0.25) is 0 Å². The number of aliphatic hydroxyl groups is 1. The predicted octanol–water partition coefficient (Wildman–Crippen LogP) is 2.28. The number of para-hydroxylation sites is 1. The molecule has 0 saturated heterocycles. The van der Waals surface area contributed by atoms with Crippen LogP contribution in [0.3, 0.4) is 0 Å². The molecule has 1 unspecified atom stereocenters. The van der Waals surface area contributed by atoms with E-state index in [-0.39, 0.29) is 5.92 Å². The van der Waals surface area contributed by atoms with E-state index in [1.807, 2.05) is 30.3 Å². The van der Waals surface area contributed by atoms with Crippen LogP contribution in [-0.2, 0) is 0 Å². The summed E-state index contributed by atoms with van der Waals surface area (Å²) in [4.78, 5) is 0. The largest absolute Gasteiger partial charge is 0.385 e. The van der Waals surface area contributed by atoms with Gasteiger partial charge in [0.05, 0.1) is 5.69 Å². The number of benzene rings is 1. The van der Waals surface area contributed by atoms with Crippen LogP contribution in [0.5, 0.6) is 0 Å². The van der Waals surface area contributed by atoms with Crippen molar-refractivity contribution in [3.05, 3.63) is 36.2 Å². The van der Waals surface area contributed by atoms with Crippen LogP contribution in [0.4, 0.5) is 0 Å². The van der Waals surface area contributed by atoms with Crippen molar-refractivity contribution in [1.82, 2.24) is 20.2 Å². The Kier molecular flexibility index (Phi) is 3.55. The minimum absolute atomic E-state index is 0.280. The van der Waals surface area contributed by atoms with E-state index in [0.29, 0.717) is 5.82 Å². The molecule has 1 aromatic heterocycles. The second kappa shape index (κ2) is 5.48. The van der Waals surface area contributed by atoms with Crippen molar-refractivity contribution < 1.29 is 5.11 Å². The number of aliphatic hydroxyl groups excluding tert-OH is 1. The summed E-state index contributed by atoms with van der Waals surface area (Å²) < 4.78 is 1.64. The second-order valence-corrected chi connectivity index (χ2v) is 5.13. The molecule has 0 bridgehead atoms. The van der Waals surface area contributed by atoms with Crippen LogP contribution >= 0.6 is 0 Å². The average Bonchev–Trinajstić information content (AvgIpc) is 2.98. The van der Waals surface area contributed by atoms with Crippen molar-refractivity contribution in [3.63, 3.8) is 0 Å². The standard InChI is InChI=1S/C14H18N4O/c19-13(11-7-3-1-4-8-11)14-15-16-17-18(14)12-9-5-2-6-10-12/h2,5-6,9-11,13,19H,1,3-4,7-8H2. The van der Waals surface area contributed by atoms with Gasteiger partial charge in [0, 0.05) is 0 Å². The number of rotatable bonds is 3. The first-order chi connectivity index (χ1) is 9.36. The summed E-state index contributed by atoms with van der Waals surface area (Å²) in [7, 11) is 0. The van der Waals surface area contributed by atoms with Gasteiger partial charge in [0.25, 0.3) is 0 Å². The highest BCUT2D eigenvalue weighted by Crippen LogP contribution is 2.33. The summed E-state index contributed by atoms with van der Waals surface area (Å²) in [5.74, 6) is 0.834. The van der Waals surface area contributed by atoms with Gasteiger partial charge in [-0.3, -0.25) is 0 Å². The lowest BCUT2D eigenvalue weighted by molar-refractivity contribution is 0.0750. The topological polar surface area (TPSA) is 63.8 Å². The smallest absolute Gasteiger partial charge is 0.185 e. The van der Waals surface area contributed by atoms with Crippen molar-refractivity contribution in [2.24, 2.45) is 5.92 Å². The third-order valence-corrected chi connectivity index (χ3v) is 3.86. The van der Waals surface area contributed by atoms with Gasteiger partial charge >= 0.3 is 0 Å². The maximum Gasteiger partial charge on any atom is 0.185 e. The van der Waals surface area contributed by atoms with E-state index in [9.17, 15) is 5.11 Å². The lowest BCUT2D eigenvalue weighted by Crippen LogP contribution is -2.19. The predicted molar refractivity (Wildman–Crippen MR) is 70.7 cm³/mol. The molecule has 0 spiro atoms. The van der Waals surface area contributed by atoms with E-state index in [4.69, 9.17) is 0 Å². The van der Waals surface area contributed by atoms with Crippen LogP contribution in [0, 0.1) is 5.92 Å². The molecule has 5 nitrogen and oxygen atoms in total. The van der Waals surface area contributed by atoms with Gasteiger partial charge in [-0.2, -0.15) is 4.68 Å². The molecule has 1 heterocycles. The van der Waals surface area contributed by atoms with E-state index < -0.39 is 6.10 Å². The Hall–Kier alpha value is -1.75. The summed E-state index contributed by atoms with van der Waals surface area (Å²) in [6.07, 6.45) is 5.19. The number of nitrogens with zero attached hydrogens (tertiary/aromatic N) is 4. The van der Waals surface area contributed by atoms with Crippen molar-refractivity contribution in [3.8, 4) is 5.69 Å². The summed E-state index contributed by atoms with van der Waals surface area (Å²) in [6, 6.07) is 9.70. The van der Waals surface area contributed by atoms with Gasteiger partial charge in [-0.05, 0) is 41.3 Å².